The number of rotatable bonds is 1. The van der Waals surface area contributed by atoms with Crippen LogP contribution in [0.3, 0.4) is 0 Å². The fourth-order valence-electron chi connectivity index (χ4n) is 0.824. The first-order chi connectivity index (χ1) is 5.90. The monoisotopic (exact) mass is 254 g/mol. The highest BCUT2D eigenvalue weighted by atomic mass is 79.9. The molecule has 0 unspecified atom stereocenters. The first kappa shape index (κ1) is 10.4. The van der Waals surface area contributed by atoms with Crippen molar-refractivity contribution in [2.75, 3.05) is 0 Å². The number of benzene rings is 1. The Hall–Kier alpha value is -0.710. The maximum atomic E-state index is 11.8. The van der Waals surface area contributed by atoms with Gasteiger partial charge in [0.15, 0.2) is 0 Å². The van der Waals surface area contributed by atoms with Gasteiger partial charge in [-0.1, -0.05) is 12.1 Å². The topological polar surface area (TPSA) is 9.23 Å². The van der Waals surface area contributed by atoms with E-state index in [9.17, 15) is 13.2 Å². The zero-order valence-electron chi connectivity index (χ0n) is 6.65. The van der Waals surface area contributed by atoms with E-state index in [1.54, 1.807) is 13.0 Å². The van der Waals surface area contributed by atoms with Crippen LogP contribution in [0.4, 0.5) is 13.2 Å². The summed E-state index contributed by atoms with van der Waals surface area (Å²) in [6.45, 7) is 1.69. The van der Waals surface area contributed by atoms with E-state index in [1.807, 2.05) is 0 Å². The molecule has 0 spiro atoms. The third-order valence-electron chi connectivity index (χ3n) is 1.38. The van der Waals surface area contributed by atoms with Crippen LogP contribution in [-0.2, 0) is 0 Å². The third kappa shape index (κ3) is 2.91. The summed E-state index contributed by atoms with van der Waals surface area (Å²) >= 11 is 3.01. The average Bonchev–Trinajstić information content (AvgIpc) is 1.96. The van der Waals surface area contributed by atoms with Crippen molar-refractivity contribution in [3.8, 4) is 5.75 Å². The highest BCUT2D eigenvalue weighted by Crippen LogP contribution is 2.32. The van der Waals surface area contributed by atoms with Crippen molar-refractivity contribution >= 4 is 15.9 Å². The quantitative estimate of drug-likeness (QED) is 0.744. The van der Waals surface area contributed by atoms with Crippen LogP contribution in [0, 0.1) is 6.92 Å². The molecule has 1 aromatic carbocycles. The minimum Gasteiger partial charge on any atom is -0.405 e. The van der Waals surface area contributed by atoms with Gasteiger partial charge in [-0.05, 0) is 34.5 Å². The van der Waals surface area contributed by atoms with Gasteiger partial charge in [0, 0.05) is 0 Å². The van der Waals surface area contributed by atoms with Crippen LogP contribution in [0.5, 0.6) is 5.75 Å². The zero-order chi connectivity index (χ0) is 10.1. The van der Waals surface area contributed by atoms with E-state index in [2.05, 4.69) is 20.7 Å². The smallest absolute Gasteiger partial charge is 0.405 e. The number of hydrogen-bond acceptors (Lipinski definition) is 1. The van der Waals surface area contributed by atoms with E-state index < -0.39 is 6.36 Å². The molecule has 13 heavy (non-hydrogen) atoms. The van der Waals surface area contributed by atoms with Crippen LogP contribution in [0.25, 0.3) is 0 Å². The molecular weight excluding hydrogens is 249 g/mol. The lowest BCUT2D eigenvalue weighted by Gasteiger charge is -2.11. The highest BCUT2D eigenvalue weighted by Gasteiger charge is 2.31. The Kier molecular flexibility index (Phi) is 2.85. The van der Waals surface area contributed by atoms with Crippen LogP contribution < -0.4 is 4.74 Å². The molecule has 0 saturated heterocycles. The molecule has 0 aliphatic rings. The van der Waals surface area contributed by atoms with Crippen molar-refractivity contribution < 1.29 is 17.9 Å². The van der Waals surface area contributed by atoms with Crippen LogP contribution in [0.15, 0.2) is 22.7 Å². The molecule has 72 valence electrons. The lowest BCUT2D eigenvalue weighted by atomic mass is 10.2. The Morgan fingerprint density at radius 3 is 2.46 bits per heavy atom. The van der Waals surface area contributed by atoms with Gasteiger partial charge in [0.05, 0.1) is 4.47 Å². The molecule has 0 radical (unpaired) electrons. The molecule has 0 aromatic heterocycles. The summed E-state index contributed by atoms with van der Waals surface area (Å²) in [7, 11) is 0. The molecule has 0 heterocycles. The van der Waals surface area contributed by atoms with Crippen LogP contribution in [-0.4, -0.2) is 6.36 Å². The first-order valence-electron chi connectivity index (χ1n) is 3.41. The van der Waals surface area contributed by atoms with E-state index in [1.165, 1.54) is 12.1 Å². The Morgan fingerprint density at radius 1 is 1.31 bits per heavy atom. The van der Waals surface area contributed by atoms with Crippen LogP contribution in [0.1, 0.15) is 5.56 Å². The van der Waals surface area contributed by atoms with Crippen molar-refractivity contribution in [2.45, 2.75) is 13.3 Å². The van der Waals surface area contributed by atoms with Crippen molar-refractivity contribution in [2.24, 2.45) is 0 Å². The Balaban J connectivity index is 2.96. The van der Waals surface area contributed by atoms with Crippen molar-refractivity contribution in [3.05, 3.63) is 28.2 Å². The molecule has 1 aromatic rings. The molecule has 0 saturated carbocycles. The number of aryl methyl sites for hydroxylation is 1. The largest absolute Gasteiger partial charge is 0.573 e. The molecule has 0 fully saturated rings. The Labute approximate surface area is 81.6 Å². The minimum absolute atomic E-state index is 0.215. The molecule has 1 rings (SSSR count). The van der Waals surface area contributed by atoms with E-state index in [0.717, 1.165) is 0 Å². The van der Waals surface area contributed by atoms with Gasteiger partial charge >= 0.3 is 6.36 Å². The van der Waals surface area contributed by atoms with Gasteiger partial charge in [-0.15, -0.1) is 13.2 Å². The van der Waals surface area contributed by atoms with Gasteiger partial charge in [-0.25, -0.2) is 0 Å². The van der Waals surface area contributed by atoms with E-state index in [4.69, 9.17) is 0 Å². The molecule has 0 amide bonds. The maximum absolute atomic E-state index is 11.8. The average molecular weight is 255 g/mol. The fraction of sp³-hybridized carbons (Fsp3) is 0.250. The Bertz CT molecular complexity index is 309. The summed E-state index contributed by atoms with van der Waals surface area (Å²) in [5.74, 6) is -0.215. The van der Waals surface area contributed by atoms with Gasteiger partial charge in [0.25, 0.3) is 0 Å². The van der Waals surface area contributed by atoms with Crippen molar-refractivity contribution in [3.63, 3.8) is 0 Å². The molecular formula is C8H6BrF3O. The standard InChI is InChI=1S/C8H6BrF3O/c1-5-3-2-4-6(7(5)9)13-8(10,11)12/h2-4H,1H3. The lowest BCUT2D eigenvalue weighted by Crippen LogP contribution is -2.17. The normalized spacial score (nSPS) is 11.5. The van der Waals surface area contributed by atoms with Crippen LogP contribution in [0.2, 0.25) is 0 Å². The maximum Gasteiger partial charge on any atom is 0.573 e. The van der Waals surface area contributed by atoms with E-state index >= 15 is 0 Å². The molecule has 0 aliphatic heterocycles. The lowest BCUT2D eigenvalue weighted by molar-refractivity contribution is -0.274. The number of alkyl halides is 3. The SMILES string of the molecule is Cc1cccc(OC(F)(F)F)c1Br. The van der Waals surface area contributed by atoms with Gasteiger partial charge < -0.3 is 4.74 Å². The molecule has 0 bridgehead atoms. The summed E-state index contributed by atoms with van der Waals surface area (Å²) < 4.78 is 39.5. The number of hydrogen-bond donors (Lipinski definition) is 0. The summed E-state index contributed by atoms with van der Waals surface area (Å²) in [6, 6.07) is 4.44. The summed E-state index contributed by atoms with van der Waals surface area (Å²) in [5, 5.41) is 0. The summed E-state index contributed by atoms with van der Waals surface area (Å²) in [5.41, 5.74) is 0.696. The molecule has 5 heteroatoms. The minimum atomic E-state index is -4.64. The predicted molar refractivity (Wildman–Crippen MR) is 45.6 cm³/mol. The number of halogens is 4. The third-order valence-corrected chi connectivity index (χ3v) is 2.40. The highest BCUT2D eigenvalue weighted by molar-refractivity contribution is 9.10. The van der Waals surface area contributed by atoms with E-state index in [-0.39, 0.29) is 5.75 Å². The number of ether oxygens (including phenoxy) is 1. The van der Waals surface area contributed by atoms with Crippen molar-refractivity contribution in [1.29, 1.82) is 0 Å². The second kappa shape index (κ2) is 3.57. The summed E-state index contributed by atoms with van der Waals surface area (Å²) in [4.78, 5) is 0. The van der Waals surface area contributed by atoms with Gasteiger partial charge in [-0.3, -0.25) is 0 Å². The fourth-order valence-corrected chi connectivity index (χ4v) is 1.17. The first-order valence-corrected chi connectivity index (χ1v) is 4.20. The van der Waals surface area contributed by atoms with E-state index in [0.29, 0.717) is 10.0 Å². The van der Waals surface area contributed by atoms with Crippen LogP contribution >= 0.6 is 15.9 Å². The zero-order valence-corrected chi connectivity index (χ0v) is 8.24. The molecule has 0 N–H and O–H groups in total. The molecule has 0 atom stereocenters. The second-order valence-corrected chi connectivity index (χ2v) is 3.23. The predicted octanol–water partition coefficient (Wildman–Crippen LogP) is 3.66. The second-order valence-electron chi connectivity index (χ2n) is 2.43. The van der Waals surface area contributed by atoms with Gasteiger partial charge in [0.2, 0.25) is 0 Å². The molecule has 0 aliphatic carbocycles. The van der Waals surface area contributed by atoms with Gasteiger partial charge in [-0.2, -0.15) is 0 Å². The molecule has 1 nitrogen and oxygen atoms in total. The van der Waals surface area contributed by atoms with Gasteiger partial charge in [0.1, 0.15) is 5.75 Å². The van der Waals surface area contributed by atoms with Crippen molar-refractivity contribution in [1.82, 2.24) is 0 Å². The summed E-state index contributed by atoms with van der Waals surface area (Å²) in [6.07, 6.45) is -4.64. The Morgan fingerprint density at radius 2 is 1.92 bits per heavy atom.